The van der Waals surface area contributed by atoms with Gasteiger partial charge in [0, 0.05) is 11.1 Å². The molecule has 0 aromatic heterocycles. The molecule has 1 aliphatic heterocycles. The first-order chi connectivity index (χ1) is 10.9. The highest BCUT2D eigenvalue weighted by Crippen LogP contribution is 2.25. The van der Waals surface area contributed by atoms with Crippen molar-refractivity contribution in [3.63, 3.8) is 0 Å². The Morgan fingerprint density at radius 2 is 1.87 bits per heavy atom. The van der Waals surface area contributed by atoms with E-state index in [1.165, 1.54) is 0 Å². The number of nitrogens with one attached hydrogen (secondary N) is 1. The SMILES string of the molecule is CCc1cccc(CC)c1NC(=O)C1CON=C(C(C)(C)C)O1. The summed E-state index contributed by atoms with van der Waals surface area (Å²) >= 11 is 0. The van der Waals surface area contributed by atoms with Crippen LogP contribution in [0.1, 0.15) is 45.7 Å². The average Bonchev–Trinajstić information content (AvgIpc) is 2.54. The van der Waals surface area contributed by atoms with Gasteiger partial charge >= 0.3 is 0 Å². The zero-order valence-electron chi connectivity index (χ0n) is 14.6. The Morgan fingerprint density at radius 1 is 1.26 bits per heavy atom. The van der Waals surface area contributed by atoms with Crippen molar-refractivity contribution in [2.24, 2.45) is 10.6 Å². The molecule has 0 fully saturated rings. The highest BCUT2D eigenvalue weighted by molar-refractivity contribution is 5.97. The van der Waals surface area contributed by atoms with Crippen LogP contribution >= 0.6 is 0 Å². The second-order valence-corrected chi connectivity index (χ2v) is 6.70. The van der Waals surface area contributed by atoms with E-state index in [1.54, 1.807) is 0 Å². The van der Waals surface area contributed by atoms with Crippen molar-refractivity contribution in [1.82, 2.24) is 0 Å². The maximum absolute atomic E-state index is 12.6. The van der Waals surface area contributed by atoms with Gasteiger partial charge in [-0.2, -0.15) is 0 Å². The van der Waals surface area contributed by atoms with Crippen molar-refractivity contribution in [3.05, 3.63) is 29.3 Å². The van der Waals surface area contributed by atoms with E-state index < -0.39 is 6.10 Å². The molecular formula is C18H26N2O3. The largest absolute Gasteiger partial charge is 0.461 e. The third kappa shape index (κ3) is 4.03. The van der Waals surface area contributed by atoms with Crippen molar-refractivity contribution in [3.8, 4) is 0 Å². The normalized spacial score (nSPS) is 17.8. The first-order valence-electron chi connectivity index (χ1n) is 8.15. The van der Waals surface area contributed by atoms with E-state index in [0.29, 0.717) is 5.90 Å². The third-order valence-corrected chi connectivity index (χ3v) is 3.81. The van der Waals surface area contributed by atoms with Gasteiger partial charge in [0.2, 0.25) is 12.0 Å². The van der Waals surface area contributed by atoms with Crippen LogP contribution in [-0.2, 0) is 27.2 Å². The van der Waals surface area contributed by atoms with Crippen LogP contribution in [0.4, 0.5) is 5.69 Å². The van der Waals surface area contributed by atoms with Gasteiger partial charge in [0.15, 0.2) is 6.61 Å². The summed E-state index contributed by atoms with van der Waals surface area (Å²) in [5.41, 5.74) is 2.85. The van der Waals surface area contributed by atoms with Crippen LogP contribution in [0.2, 0.25) is 0 Å². The van der Waals surface area contributed by atoms with Crippen LogP contribution in [0, 0.1) is 5.41 Å². The van der Waals surface area contributed by atoms with Gasteiger partial charge in [-0.3, -0.25) is 4.79 Å². The molecule has 1 atom stereocenters. The Labute approximate surface area is 138 Å². The lowest BCUT2D eigenvalue weighted by molar-refractivity contribution is -0.128. The maximum atomic E-state index is 12.6. The molecule has 126 valence electrons. The van der Waals surface area contributed by atoms with Crippen LogP contribution < -0.4 is 5.32 Å². The fourth-order valence-corrected chi connectivity index (χ4v) is 2.40. The molecule has 0 radical (unpaired) electrons. The molecule has 5 nitrogen and oxygen atoms in total. The summed E-state index contributed by atoms with van der Waals surface area (Å²) < 4.78 is 5.74. The summed E-state index contributed by atoms with van der Waals surface area (Å²) in [4.78, 5) is 17.8. The molecule has 0 saturated heterocycles. The molecule has 1 aromatic rings. The van der Waals surface area contributed by atoms with Crippen LogP contribution in [0.25, 0.3) is 0 Å². The number of oxime groups is 1. The summed E-state index contributed by atoms with van der Waals surface area (Å²) in [6.45, 7) is 10.2. The van der Waals surface area contributed by atoms with Crippen LogP contribution in [0.5, 0.6) is 0 Å². The number of carbonyl (C=O) groups excluding carboxylic acids is 1. The summed E-state index contributed by atoms with van der Waals surface area (Å²) in [6.07, 6.45) is 1.04. The fourth-order valence-electron chi connectivity index (χ4n) is 2.40. The molecule has 23 heavy (non-hydrogen) atoms. The van der Waals surface area contributed by atoms with Crippen molar-refractivity contribution < 1.29 is 14.4 Å². The number of ether oxygens (including phenoxy) is 1. The topological polar surface area (TPSA) is 59.9 Å². The molecule has 0 bridgehead atoms. The van der Waals surface area contributed by atoms with Gasteiger partial charge in [-0.25, -0.2) is 0 Å². The fraction of sp³-hybridized carbons (Fsp3) is 0.556. The van der Waals surface area contributed by atoms with Crippen molar-refractivity contribution in [1.29, 1.82) is 0 Å². The number of hydrogen-bond donors (Lipinski definition) is 1. The predicted molar refractivity (Wildman–Crippen MR) is 91.5 cm³/mol. The molecule has 1 heterocycles. The lowest BCUT2D eigenvalue weighted by Gasteiger charge is -2.29. The Morgan fingerprint density at radius 3 is 2.39 bits per heavy atom. The number of rotatable bonds is 4. The highest BCUT2D eigenvalue weighted by Gasteiger charge is 2.33. The smallest absolute Gasteiger partial charge is 0.269 e. The quantitative estimate of drug-likeness (QED) is 0.924. The monoisotopic (exact) mass is 318 g/mol. The second-order valence-electron chi connectivity index (χ2n) is 6.70. The van der Waals surface area contributed by atoms with Gasteiger partial charge in [-0.15, -0.1) is 0 Å². The van der Waals surface area contributed by atoms with Gasteiger partial charge < -0.3 is 14.9 Å². The minimum atomic E-state index is -0.684. The number of benzene rings is 1. The first-order valence-corrected chi connectivity index (χ1v) is 8.15. The van der Waals surface area contributed by atoms with Gasteiger partial charge in [0.25, 0.3) is 5.91 Å². The van der Waals surface area contributed by atoms with Gasteiger partial charge in [-0.05, 0) is 24.0 Å². The van der Waals surface area contributed by atoms with E-state index in [0.717, 1.165) is 29.7 Å². The lowest BCUT2D eigenvalue weighted by Crippen LogP contribution is -2.42. The molecule has 1 N–H and O–H groups in total. The number of carbonyl (C=O) groups is 1. The molecular weight excluding hydrogens is 292 g/mol. The van der Waals surface area contributed by atoms with E-state index in [2.05, 4.69) is 24.3 Å². The zero-order valence-corrected chi connectivity index (χ0v) is 14.6. The third-order valence-electron chi connectivity index (χ3n) is 3.81. The summed E-state index contributed by atoms with van der Waals surface area (Å²) in [6, 6.07) is 6.10. The Bertz CT molecular complexity index is 581. The van der Waals surface area contributed by atoms with Crippen LogP contribution in [0.3, 0.4) is 0 Å². The van der Waals surface area contributed by atoms with Gasteiger partial charge in [0.1, 0.15) is 0 Å². The Hall–Kier alpha value is -2.04. The number of nitrogens with zero attached hydrogens (tertiary/aromatic N) is 1. The molecule has 1 unspecified atom stereocenters. The van der Waals surface area contributed by atoms with Crippen molar-refractivity contribution >= 4 is 17.5 Å². The van der Waals surface area contributed by atoms with E-state index in [-0.39, 0.29) is 17.9 Å². The maximum Gasteiger partial charge on any atom is 0.269 e. The highest BCUT2D eigenvalue weighted by atomic mass is 16.7. The molecule has 0 saturated carbocycles. The van der Waals surface area contributed by atoms with Crippen molar-refractivity contribution in [2.45, 2.75) is 53.6 Å². The molecule has 1 aromatic carbocycles. The first kappa shape index (κ1) is 17.3. The van der Waals surface area contributed by atoms with Crippen LogP contribution in [-0.4, -0.2) is 24.5 Å². The molecule has 5 heteroatoms. The molecule has 2 rings (SSSR count). The van der Waals surface area contributed by atoms with E-state index in [4.69, 9.17) is 9.57 Å². The number of aryl methyl sites for hydroxylation is 2. The number of hydrogen-bond acceptors (Lipinski definition) is 4. The number of amides is 1. The lowest BCUT2D eigenvalue weighted by atomic mass is 9.96. The summed E-state index contributed by atoms with van der Waals surface area (Å²) in [7, 11) is 0. The van der Waals surface area contributed by atoms with E-state index >= 15 is 0 Å². The van der Waals surface area contributed by atoms with E-state index in [9.17, 15) is 4.79 Å². The molecule has 0 spiro atoms. The average molecular weight is 318 g/mol. The molecule has 0 aliphatic carbocycles. The zero-order chi connectivity index (χ0) is 17.0. The molecule has 1 aliphatic rings. The van der Waals surface area contributed by atoms with Crippen LogP contribution in [0.15, 0.2) is 23.4 Å². The number of para-hydroxylation sites is 1. The summed E-state index contributed by atoms with van der Waals surface area (Å²) in [5.74, 6) is 0.251. The van der Waals surface area contributed by atoms with Gasteiger partial charge in [0.05, 0.1) is 0 Å². The predicted octanol–water partition coefficient (Wildman–Crippen LogP) is 3.52. The molecule has 1 amide bonds. The number of anilines is 1. The standard InChI is InChI=1S/C18H26N2O3/c1-6-12-9-8-10-13(7-2)15(12)19-16(21)14-11-22-20-17(23-14)18(3,4)5/h8-10,14H,6-7,11H2,1-5H3,(H,19,21). The van der Waals surface area contributed by atoms with Crippen molar-refractivity contribution in [2.75, 3.05) is 11.9 Å². The minimum absolute atomic E-state index is 0.126. The Kier molecular flexibility index (Phi) is 5.29. The van der Waals surface area contributed by atoms with E-state index in [1.807, 2.05) is 39.0 Å². The minimum Gasteiger partial charge on any atom is -0.461 e. The second kappa shape index (κ2) is 7.02. The summed E-state index contributed by atoms with van der Waals surface area (Å²) in [5, 5.41) is 6.95. The van der Waals surface area contributed by atoms with Gasteiger partial charge in [-0.1, -0.05) is 58.0 Å². The Balaban J connectivity index is 2.16.